The van der Waals surface area contributed by atoms with Gasteiger partial charge in [-0.15, -0.1) is 0 Å². The van der Waals surface area contributed by atoms with Crippen LogP contribution in [0.2, 0.25) is 0 Å². The van der Waals surface area contributed by atoms with Crippen LogP contribution in [0.3, 0.4) is 0 Å². The van der Waals surface area contributed by atoms with Crippen molar-refractivity contribution in [3.8, 4) is 0 Å². The third kappa shape index (κ3) is 451. The third-order valence-corrected chi connectivity index (χ3v) is 0.357. The molecule has 0 saturated heterocycles. The van der Waals surface area contributed by atoms with Gasteiger partial charge < -0.3 is 11.6 Å². The van der Waals surface area contributed by atoms with Crippen LogP contribution in [0, 0.1) is 0 Å². The van der Waals surface area contributed by atoms with Crippen LogP contribution >= 0.6 is 0 Å². The van der Waals surface area contributed by atoms with E-state index >= 15 is 0 Å². The summed E-state index contributed by atoms with van der Waals surface area (Å²) in [5.74, 6) is -1.19. The normalized spacial score (nSPS) is 10.2. The standard InChI is InChI=1S/C3H6O3.3Al.Na.3H2O4S.10H/c1-2(4)3(5)6;;;;;3*1-5(2,3)4;;;;;;;;;;/h2,4H,1H3,(H,5,6);;;;;3*(H2,1,2,3,4);;;;;;;;;;/q;;;;+1;;;;;;;;;;;;;-1. The van der Waals surface area contributed by atoms with Crippen molar-refractivity contribution in [2.45, 2.75) is 13.0 Å². The second kappa shape index (κ2) is 23.7. The van der Waals surface area contributed by atoms with Crippen LogP contribution in [0.15, 0.2) is 0 Å². The van der Waals surface area contributed by atoms with Crippen LogP contribution in [0.25, 0.3) is 0 Å². The number of aliphatic carboxylic acids is 1. The van der Waals surface area contributed by atoms with Crippen LogP contribution in [-0.2, 0) is 36.0 Å². The van der Waals surface area contributed by atoms with Crippen LogP contribution in [0.1, 0.15) is 8.35 Å². The molecule has 0 bridgehead atoms. The summed E-state index contributed by atoms with van der Waals surface area (Å²) in [4.78, 5) is 9.45. The number of hydrogen-bond acceptors (Lipinski definition) is 8. The van der Waals surface area contributed by atoms with Gasteiger partial charge in [0.2, 0.25) is 0 Å². The van der Waals surface area contributed by atoms with E-state index in [-0.39, 0.29) is 83.1 Å². The maximum atomic E-state index is 9.45. The molecule has 0 aliphatic carbocycles. The number of rotatable bonds is 1. The van der Waals surface area contributed by atoms with E-state index in [0.29, 0.717) is 0 Å². The van der Waals surface area contributed by atoms with Crippen molar-refractivity contribution in [2.24, 2.45) is 0 Å². The molecule has 0 radical (unpaired) electrons. The van der Waals surface area contributed by atoms with Crippen LogP contribution in [-0.4, -0.2) is 127 Å². The minimum atomic E-state index is -4.67. The topological polar surface area (TPSA) is 281 Å². The molecule has 0 amide bonds. The van der Waals surface area contributed by atoms with Crippen molar-refractivity contribution in [3.05, 3.63) is 0 Å². The SMILES string of the molecule is CC(O)C(=O)O.O=S(=O)(O)O.O=S(=O)(O)O.O=S(=O)(O)O.[AlH3].[AlH3].[AlH3].[H-].[Na+]. The Morgan fingerprint density at radius 1 is 0.720 bits per heavy atom. The Morgan fingerprint density at radius 2 is 0.760 bits per heavy atom. The van der Waals surface area contributed by atoms with Gasteiger partial charge in [-0.2, -0.15) is 25.3 Å². The van der Waals surface area contributed by atoms with Gasteiger partial charge in [0.1, 0.15) is 6.10 Å². The van der Waals surface area contributed by atoms with Gasteiger partial charge in [-0.25, -0.2) is 4.79 Å². The molecule has 152 valence electrons. The summed E-state index contributed by atoms with van der Waals surface area (Å²) < 4.78 is 94.8. The molecule has 0 saturated carbocycles. The van der Waals surface area contributed by atoms with Crippen molar-refractivity contribution in [3.63, 3.8) is 0 Å². The fourth-order valence-electron chi connectivity index (χ4n) is 0. The van der Waals surface area contributed by atoms with Crippen molar-refractivity contribution in [1.82, 2.24) is 0 Å². The van der Waals surface area contributed by atoms with Gasteiger partial charge >= 0.3 is 66.7 Å². The second-order valence-electron chi connectivity index (χ2n) is 2.36. The molecule has 1 unspecified atom stereocenters. The number of aliphatic hydroxyl groups excluding tert-OH is 1. The van der Waals surface area contributed by atoms with E-state index in [1.807, 2.05) is 0 Å². The Hall–Kier alpha value is 1.64. The molecule has 0 aromatic rings. The summed E-state index contributed by atoms with van der Waals surface area (Å²) in [7, 11) is -14.0. The second-order valence-corrected chi connectivity index (χ2v) is 5.04. The van der Waals surface area contributed by atoms with Gasteiger partial charge in [-0.3, -0.25) is 27.3 Å². The molecule has 0 aromatic carbocycles. The third-order valence-electron chi connectivity index (χ3n) is 0.357. The smallest absolute Gasteiger partial charge is 1.00 e. The molecule has 15 nitrogen and oxygen atoms in total. The average Bonchev–Trinajstić information content (AvgIpc) is 1.92. The number of aliphatic hydroxyl groups is 1. The molecule has 0 heterocycles. The first-order chi connectivity index (χ1) is 8.64. The van der Waals surface area contributed by atoms with E-state index in [1.54, 1.807) is 0 Å². The zero-order chi connectivity index (χ0) is 18.7. The van der Waals surface area contributed by atoms with Crippen molar-refractivity contribution in [1.29, 1.82) is 0 Å². The number of carboxylic acids is 1. The van der Waals surface area contributed by atoms with Crippen LogP contribution in [0.5, 0.6) is 0 Å². The monoisotopic (exact) mass is 498 g/mol. The van der Waals surface area contributed by atoms with Crippen LogP contribution < -0.4 is 29.6 Å². The summed E-state index contributed by atoms with van der Waals surface area (Å²) in [5, 5.41) is 15.8. The minimum Gasteiger partial charge on any atom is -1.00 e. The van der Waals surface area contributed by atoms with Crippen molar-refractivity contribution >= 4 is 89.2 Å². The van der Waals surface area contributed by atoms with E-state index < -0.39 is 43.3 Å². The summed E-state index contributed by atoms with van der Waals surface area (Å²) in [6.45, 7) is 1.20. The molecule has 22 heteroatoms. The molecule has 0 spiro atoms. The van der Waals surface area contributed by atoms with E-state index in [1.165, 1.54) is 6.92 Å². The summed E-state index contributed by atoms with van der Waals surface area (Å²) in [5.41, 5.74) is 0. The fraction of sp³-hybridized carbons (Fsp3) is 0.667. The summed E-state index contributed by atoms with van der Waals surface area (Å²) in [6, 6.07) is 0. The van der Waals surface area contributed by atoms with Gasteiger partial charge in [-0.1, -0.05) is 0 Å². The number of carboxylic acid groups (broad SMARTS) is 1. The Morgan fingerprint density at radius 3 is 0.760 bits per heavy atom. The first-order valence-electron chi connectivity index (χ1n) is 3.65. The first kappa shape index (κ1) is 50.4. The quantitative estimate of drug-likeness (QED) is 0.123. The Bertz CT molecular complexity index is 492. The molecule has 0 rings (SSSR count). The van der Waals surface area contributed by atoms with Crippen molar-refractivity contribution < 1.29 is 98.6 Å². The predicted octanol–water partition coefficient (Wildman–Crippen LogP) is -8.94. The number of hydrogen-bond donors (Lipinski definition) is 8. The molecule has 8 N–H and O–H groups in total. The minimum absolute atomic E-state index is 0. The predicted molar refractivity (Wildman–Crippen MR) is 92.8 cm³/mol. The van der Waals surface area contributed by atoms with E-state index in [9.17, 15) is 4.79 Å². The maximum Gasteiger partial charge on any atom is 1.00 e. The summed E-state index contributed by atoms with van der Waals surface area (Å²) in [6.07, 6.45) is -1.23. The van der Waals surface area contributed by atoms with Gasteiger partial charge in [0, 0.05) is 0 Å². The van der Waals surface area contributed by atoms with Crippen LogP contribution in [0.4, 0.5) is 0 Å². The summed E-state index contributed by atoms with van der Waals surface area (Å²) >= 11 is 0. The molecule has 0 aliphatic heterocycles. The van der Waals surface area contributed by atoms with Crippen molar-refractivity contribution in [2.75, 3.05) is 0 Å². The van der Waals surface area contributed by atoms with Gasteiger partial charge in [-0.05, 0) is 6.92 Å². The van der Waals surface area contributed by atoms with Gasteiger partial charge in [0.25, 0.3) is 0 Å². The van der Waals surface area contributed by atoms with Gasteiger partial charge in [0.05, 0.1) is 0 Å². The average molecular weight is 498 g/mol. The molecular weight excluding hydrogens is 476 g/mol. The van der Waals surface area contributed by atoms with E-state index in [0.717, 1.165) is 0 Å². The zero-order valence-corrected chi connectivity index (χ0v) is 15.2. The molecule has 0 fully saturated rings. The molecular formula is C3H22Al3NaO15S3. The first-order valence-corrected chi connectivity index (χ1v) is 7.84. The molecule has 25 heavy (non-hydrogen) atoms. The maximum absolute atomic E-state index is 9.45. The van der Waals surface area contributed by atoms with Gasteiger partial charge in [0.15, 0.2) is 52.1 Å². The van der Waals surface area contributed by atoms with E-state index in [2.05, 4.69) is 0 Å². The zero-order valence-electron chi connectivity index (χ0n) is 11.7. The molecule has 1 atom stereocenters. The molecule has 0 aliphatic rings. The molecule has 0 aromatic heterocycles. The fourth-order valence-corrected chi connectivity index (χ4v) is 0. The number of carbonyl (C=O) groups is 1. The van der Waals surface area contributed by atoms with E-state index in [4.69, 9.17) is 62.8 Å². The Kier molecular flexibility index (Phi) is 47.7. The largest absolute Gasteiger partial charge is 1.00 e. The Balaban J connectivity index is -0.0000000199. The Labute approximate surface area is 199 Å².